The molecule has 0 heterocycles. The second-order valence-corrected chi connectivity index (χ2v) is 8.45. The molecule has 0 aromatic heterocycles. The first-order valence-corrected chi connectivity index (χ1v) is 9.51. The van der Waals surface area contributed by atoms with Gasteiger partial charge in [0.1, 0.15) is 5.60 Å². The van der Waals surface area contributed by atoms with Crippen LogP contribution in [-0.4, -0.2) is 40.9 Å². The molecule has 0 fully saturated rings. The molecule has 1 amide bonds. The molecule has 1 aromatic rings. The molecule has 29 heavy (non-hydrogen) atoms. The van der Waals surface area contributed by atoms with Crippen LogP contribution in [0.15, 0.2) is 30.3 Å². The predicted molar refractivity (Wildman–Crippen MR) is 103 cm³/mol. The van der Waals surface area contributed by atoms with Crippen molar-refractivity contribution in [1.82, 2.24) is 5.32 Å². The van der Waals surface area contributed by atoms with Gasteiger partial charge in [-0.3, -0.25) is 4.79 Å². The molecule has 5 nitrogen and oxygen atoms in total. The summed E-state index contributed by atoms with van der Waals surface area (Å²) in [7, 11) is 0. The Hall–Kier alpha value is -2.09. The molecular weight excluding hydrogens is 387 g/mol. The van der Waals surface area contributed by atoms with Crippen LogP contribution < -0.4 is 5.32 Å². The lowest BCUT2D eigenvalue weighted by Crippen LogP contribution is -2.47. The van der Waals surface area contributed by atoms with Crippen molar-refractivity contribution in [3.8, 4) is 0 Å². The normalized spacial score (nSPS) is 15.5. The summed E-state index contributed by atoms with van der Waals surface area (Å²) in [4.78, 5) is 25.0. The average molecular weight is 417 g/mol. The number of halogens is 3. The summed E-state index contributed by atoms with van der Waals surface area (Å²) in [6.07, 6.45) is -8.70. The number of hydrogen-bond donors (Lipinski definition) is 2. The summed E-state index contributed by atoms with van der Waals surface area (Å²) in [5.41, 5.74) is -0.0587. The van der Waals surface area contributed by atoms with Crippen LogP contribution in [0.2, 0.25) is 0 Å². The van der Waals surface area contributed by atoms with Crippen molar-refractivity contribution in [1.29, 1.82) is 0 Å². The van der Waals surface area contributed by atoms with Gasteiger partial charge in [0.15, 0.2) is 11.9 Å². The van der Waals surface area contributed by atoms with Crippen molar-refractivity contribution < 1.29 is 32.6 Å². The lowest BCUT2D eigenvalue weighted by Gasteiger charge is -2.29. The van der Waals surface area contributed by atoms with Crippen molar-refractivity contribution in [2.75, 3.05) is 0 Å². The van der Waals surface area contributed by atoms with Gasteiger partial charge in [0.25, 0.3) is 0 Å². The molecule has 0 aliphatic heterocycles. The molecule has 0 saturated carbocycles. The van der Waals surface area contributed by atoms with Gasteiger partial charge in [-0.15, -0.1) is 0 Å². The zero-order valence-electron chi connectivity index (χ0n) is 17.4. The first kappa shape index (κ1) is 24.9. The van der Waals surface area contributed by atoms with Gasteiger partial charge in [-0.25, -0.2) is 4.79 Å². The van der Waals surface area contributed by atoms with Crippen LogP contribution in [0.5, 0.6) is 0 Å². The summed E-state index contributed by atoms with van der Waals surface area (Å²) in [5.74, 6) is -2.50. The highest BCUT2D eigenvalue weighted by Crippen LogP contribution is 2.32. The Labute approximate surface area is 169 Å². The number of hydrogen-bond acceptors (Lipinski definition) is 4. The molecule has 164 valence electrons. The number of nitrogens with one attached hydrogen (secondary N) is 1. The third kappa shape index (κ3) is 8.85. The molecule has 0 aliphatic rings. The van der Waals surface area contributed by atoms with E-state index in [1.54, 1.807) is 51.1 Å². The Morgan fingerprint density at radius 3 is 2.10 bits per heavy atom. The van der Waals surface area contributed by atoms with Gasteiger partial charge in [0.05, 0.1) is 6.04 Å². The van der Waals surface area contributed by atoms with Gasteiger partial charge in [-0.2, -0.15) is 13.2 Å². The highest BCUT2D eigenvalue weighted by atomic mass is 19.4. The van der Waals surface area contributed by atoms with E-state index in [1.165, 1.54) is 13.8 Å². The number of aliphatic hydroxyl groups excluding tert-OH is 1. The minimum Gasteiger partial charge on any atom is -0.444 e. The number of alkyl halides is 3. The van der Waals surface area contributed by atoms with E-state index in [4.69, 9.17) is 4.74 Å². The van der Waals surface area contributed by atoms with E-state index in [9.17, 15) is 27.9 Å². The van der Waals surface area contributed by atoms with Gasteiger partial charge >= 0.3 is 12.3 Å². The van der Waals surface area contributed by atoms with Crippen LogP contribution >= 0.6 is 0 Å². The van der Waals surface area contributed by atoms with E-state index in [-0.39, 0.29) is 6.42 Å². The molecule has 1 rings (SSSR count). The lowest BCUT2D eigenvalue weighted by molar-refractivity contribution is -0.224. The summed E-state index contributed by atoms with van der Waals surface area (Å²) < 4.78 is 44.2. The topological polar surface area (TPSA) is 75.6 Å². The van der Waals surface area contributed by atoms with Crippen LogP contribution in [0.3, 0.4) is 0 Å². The SMILES string of the molecule is CC(C)[C@H](CC(=O)[C@H](Cc1ccccc1)NC(=O)OC(C)(C)C)[C@H](O)C(F)(F)F. The van der Waals surface area contributed by atoms with Crippen LogP contribution in [0.4, 0.5) is 18.0 Å². The second-order valence-electron chi connectivity index (χ2n) is 8.45. The fourth-order valence-corrected chi connectivity index (χ4v) is 2.87. The molecular formula is C21H30F3NO4. The Kier molecular flexibility index (Phi) is 8.68. The minimum absolute atomic E-state index is 0.103. The fourth-order valence-electron chi connectivity index (χ4n) is 2.87. The van der Waals surface area contributed by atoms with Crippen molar-refractivity contribution in [3.05, 3.63) is 35.9 Å². The predicted octanol–water partition coefficient (Wildman–Crippen LogP) is 4.28. The van der Waals surface area contributed by atoms with Crippen molar-refractivity contribution >= 4 is 11.9 Å². The summed E-state index contributed by atoms with van der Waals surface area (Å²) in [6.45, 7) is 8.01. The minimum atomic E-state index is -4.83. The van der Waals surface area contributed by atoms with Crippen molar-refractivity contribution in [3.63, 3.8) is 0 Å². The van der Waals surface area contributed by atoms with Crippen molar-refractivity contribution in [2.24, 2.45) is 11.8 Å². The zero-order chi connectivity index (χ0) is 22.4. The van der Waals surface area contributed by atoms with Gasteiger partial charge in [-0.1, -0.05) is 44.2 Å². The maximum atomic E-state index is 13.0. The van der Waals surface area contributed by atoms with Gasteiger partial charge in [0.2, 0.25) is 0 Å². The third-order valence-corrected chi connectivity index (χ3v) is 4.40. The molecule has 0 spiro atoms. The van der Waals surface area contributed by atoms with E-state index in [2.05, 4.69) is 5.32 Å². The van der Waals surface area contributed by atoms with E-state index in [0.29, 0.717) is 0 Å². The summed E-state index contributed by atoms with van der Waals surface area (Å²) in [5, 5.41) is 12.2. The number of ether oxygens (including phenoxy) is 1. The molecule has 3 atom stereocenters. The molecule has 0 bridgehead atoms. The molecule has 0 radical (unpaired) electrons. The smallest absolute Gasteiger partial charge is 0.414 e. The number of benzene rings is 1. The number of aliphatic hydroxyl groups is 1. The largest absolute Gasteiger partial charge is 0.444 e. The Balaban J connectivity index is 3.03. The van der Waals surface area contributed by atoms with E-state index < -0.39 is 54.1 Å². The lowest BCUT2D eigenvalue weighted by atomic mass is 9.83. The van der Waals surface area contributed by atoms with E-state index in [0.717, 1.165) is 5.56 Å². The highest BCUT2D eigenvalue weighted by molar-refractivity contribution is 5.88. The maximum Gasteiger partial charge on any atom is 0.414 e. The van der Waals surface area contributed by atoms with E-state index in [1.807, 2.05) is 0 Å². The van der Waals surface area contributed by atoms with Crippen LogP contribution in [-0.2, 0) is 16.0 Å². The molecule has 1 aromatic carbocycles. The second kappa shape index (κ2) is 10.1. The number of alkyl carbamates (subject to hydrolysis) is 1. The molecule has 0 aliphatic carbocycles. The number of Topliss-reactive ketones (excluding diaryl/α,β-unsaturated/α-hetero) is 1. The van der Waals surface area contributed by atoms with Crippen LogP contribution in [0, 0.1) is 11.8 Å². The first-order valence-electron chi connectivity index (χ1n) is 9.51. The van der Waals surface area contributed by atoms with Crippen molar-refractivity contribution in [2.45, 2.75) is 71.4 Å². The number of rotatable bonds is 8. The zero-order valence-corrected chi connectivity index (χ0v) is 17.4. The summed E-state index contributed by atoms with van der Waals surface area (Å²) >= 11 is 0. The third-order valence-electron chi connectivity index (χ3n) is 4.40. The number of ketones is 1. The molecule has 0 unspecified atom stereocenters. The van der Waals surface area contributed by atoms with Gasteiger partial charge in [-0.05, 0) is 38.7 Å². The average Bonchev–Trinajstić information content (AvgIpc) is 2.56. The van der Waals surface area contributed by atoms with Crippen LogP contribution in [0.25, 0.3) is 0 Å². The van der Waals surface area contributed by atoms with Crippen LogP contribution in [0.1, 0.15) is 46.6 Å². The summed E-state index contributed by atoms with van der Waals surface area (Å²) in [6, 6.07) is 7.73. The Morgan fingerprint density at radius 1 is 1.10 bits per heavy atom. The standard InChI is InChI=1S/C21H30F3NO4/c1-13(2)15(18(27)21(22,23)24)12-17(26)16(11-14-9-7-6-8-10-14)25-19(28)29-20(3,4)5/h6-10,13,15-16,18,27H,11-12H2,1-5H3,(H,25,28)/t15-,16-,18-/m0/s1. The molecule has 8 heteroatoms. The van der Waals surface area contributed by atoms with E-state index >= 15 is 0 Å². The maximum absolute atomic E-state index is 13.0. The number of carbonyl (C=O) groups is 2. The fraction of sp³-hybridized carbons (Fsp3) is 0.619. The van der Waals surface area contributed by atoms with Gasteiger partial charge in [0, 0.05) is 12.3 Å². The first-order chi connectivity index (χ1) is 13.2. The highest BCUT2D eigenvalue weighted by Gasteiger charge is 2.45. The van der Waals surface area contributed by atoms with Gasteiger partial charge < -0.3 is 15.2 Å². The Bertz CT molecular complexity index is 669. The molecule has 0 saturated heterocycles. The Morgan fingerprint density at radius 2 is 1.66 bits per heavy atom. The molecule has 2 N–H and O–H groups in total. The number of carbonyl (C=O) groups excluding carboxylic acids is 2. The quantitative estimate of drug-likeness (QED) is 0.662. The number of amides is 1. The monoisotopic (exact) mass is 417 g/mol.